The summed E-state index contributed by atoms with van der Waals surface area (Å²) < 4.78 is 2.08. The Hall–Kier alpha value is -2.55. The van der Waals surface area contributed by atoms with Gasteiger partial charge >= 0.3 is 5.97 Å². The summed E-state index contributed by atoms with van der Waals surface area (Å²) in [7, 11) is 0. The lowest BCUT2D eigenvalue weighted by Crippen LogP contribution is -2.21. The number of benzene rings is 2. The molecule has 0 aliphatic heterocycles. The van der Waals surface area contributed by atoms with Crippen molar-refractivity contribution in [3.8, 4) is 0 Å². The van der Waals surface area contributed by atoms with Crippen LogP contribution in [-0.2, 0) is 13.0 Å². The van der Waals surface area contributed by atoms with Crippen LogP contribution in [0.25, 0.3) is 10.9 Å². The fourth-order valence-corrected chi connectivity index (χ4v) is 3.35. The highest BCUT2D eigenvalue weighted by Crippen LogP contribution is 2.37. The number of hydrogen-bond acceptors (Lipinski definition) is 1. The number of nitrogens with zero attached hydrogens (tertiary/aromatic N) is 1. The Kier molecular flexibility index (Phi) is 2.61. The first-order chi connectivity index (χ1) is 10.2. The Labute approximate surface area is 122 Å². The molecule has 1 atom stereocenters. The van der Waals surface area contributed by atoms with E-state index in [2.05, 4.69) is 28.8 Å². The highest BCUT2D eigenvalue weighted by molar-refractivity contribution is 6.02. The summed E-state index contributed by atoms with van der Waals surface area (Å²) >= 11 is 0. The highest BCUT2D eigenvalue weighted by Gasteiger charge is 2.26. The van der Waals surface area contributed by atoms with Gasteiger partial charge in [-0.2, -0.15) is 0 Å². The first kappa shape index (κ1) is 12.2. The average Bonchev–Trinajstić information content (AvgIpc) is 2.88. The van der Waals surface area contributed by atoms with E-state index in [1.165, 1.54) is 11.1 Å². The summed E-state index contributed by atoms with van der Waals surface area (Å²) in [5.74, 6) is -0.381. The second-order valence-corrected chi connectivity index (χ2v) is 5.62. The number of carboxylic acid groups (broad SMARTS) is 1. The molecule has 0 amide bonds. The Morgan fingerprint density at radius 3 is 2.81 bits per heavy atom. The van der Waals surface area contributed by atoms with Crippen molar-refractivity contribution in [2.75, 3.05) is 0 Å². The van der Waals surface area contributed by atoms with Gasteiger partial charge in [-0.3, -0.25) is 0 Å². The monoisotopic (exact) mass is 277 g/mol. The zero-order valence-corrected chi connectivity index (χ0v) is 11.5. The highest BCUT2D eigenvalue weighted by atomic mass is 16.4. The van der Waals surface area contributed by atoms with Crippen molar-refractivity contribution in [3.63, 3.8) is 0 Å². The van der Waals surface area contributed by atoms with Crippen LogP contribution in [0.2, 0.25) is 0 Å². The first-order valence-corrected chi connectivity index (χ1v) is 7.13. The number of hydrogen-bond donors (Lipinski definition) is 1. The molecule has 1 N–H and O–H groups in total. The van der Waals surface area contributed by atoms with E-state index in [9.17, 15) is 9.90 Å². The smallest absolute Gasteiger partial charge is 0.337 e. The molecule has 1 unspecified atom stereocenters. The second-order valence-electron chi connectivity index (χ2n) is 5.62. The van der Waals surface area contributed by atoms with Crippen molar-refractivity contribution < 1.29 is 9.90 Å². The van der Waals surface area contributed by atoms with Crippen molar-refractivity contribution in [2.24, 2.45) is 0 Å². The van der Waals surface area contributed by atoms with Gasteiger partial charge in [-0.05, 0) is 29.7 Å². The van der Waals surface area contributed by atoms with Crippen LogP contribution in [0, 0.1) is 0 Å². The van der Waals surface area contributed by atoms with Crippen molar-refractivity contribution in [2.45, 2.75) is 18.9 Å². The molecule has 21 heavy (non-hydrogen) atoms. The van der Waals surface area contributed by atoms with E-state index in [0.717, 1.165) is 23.9 Å². The number of fused-ring (bicyclic) bond motifs is 2. The van der Waals surface area contributed by atoms with Crippen LogP contribution in [0.4, 0.5) is 0 Å². The van der Waals surface area contributed by atoms with E-state index in [1.807, 2.05) is 18.3 Å². The van der Waals surface area contributed by atoms with E-state index in [0.29, 0.717) is 11.5 Å². The van der Waals surface area contributed by atoms with Gasteiger partial charge in [0.1, 0.15) is 0 Å². The van der Waals surface area contributed by atoms with Crippen LogP contribution < -0.4 is 0 Å². The summed E-state index contributed by atoms with van der Waals surface area (Å²) in [6.45, 7) is 0.838. The van der Waals surface area contributed by atoms with Crippen molar-refractivity contribution in [1.29, 1.82) is 0 Å². The fourth-order valence-electron chi connectivity index (χ4n) is 3.35. The zero-order valence-electron chi connectivity index (χ0n) is 11.5. The Morgan fingerprint density at radius 1 is 1.14 bits per heavy atom. The van der Waals surface area contributed by atoms with Crippen LogP contribution in [-0.4, -0.2) is 15.6 Å². The summed E-state index contributed by atoms with van der Waals surface area (Å²) in [5.41, 5.74) is 4.02. The molecule has 2 aromatic carbocycles. The average molecular weight is 277 g/mol. The van der Waals surface area contributed by atoms with Crippen molar-refractivity contribution in [1.82, 2.24) is 4.57 Å². The van der Waals surface area contributed by atoms with E-state index < -0.39 is 5.97 Å². The topological polar surface area (TPSA) is 42.2 Å². The maximum absolute atomic E-state index is 11.4. The van der Waals surface area contributed by atoms with Gasteiger partial charge in [-0.1, -0.05) is 36.4 Å². The predicted molar refractivity (Wildman–Crippen MR) is 81.8 cm³/mol. The van der Waals surface area contributed by atoms with Gasteiger partial charge in [-0.25, -0.2) is 4.79 Å². The number of aromatic carboxylic acids is 1. The maximum Gasteiger partial charge on any atom is 0.337 e. The molecule has 1 aromatic heterocycles. The molecule has 3 aromatic rings. The van der Waals surface area contributed by atoms with E-state index >= 15 is 0 Å². The quantitative estimate of drug-likeness (QED) is 0.793. The molecule has 0 radical (unpaired) electrons. The molecule has 0 bridgehead atoms. The molecule has 3 nitrogen and oxygen atoms in total. The third-order valence-electron chi connectivity index (χ3n) is 4.40. The fraction of sp³-hybridized carbons (Fsp3) is 0.167. The molecule has 0 saturated carbocycles. The Morgan fingerprint density at radius 2 is 2.00 bits per heavy atom. The normalized spacial score (nSPS) is 16.5. The van der Waals surface area contributed by atoms with Gasteiger partial charge < -0.3 is 9.67 Å². The van der Waals surface area contributed by atoms with Gasteiger partial charge in [0.15, 0.2) is 0 Å². The molecule has 1 heterocycles. The van der Waals surface area contributed by atoms with Crippen LogP contribution in [0.1, 0.15) is 27.4 Å². The molecule has 1 aliphatic rings. The molecular weight excluding hydrogens is 262 g/mol. The second kappa shape index (κ2) is 4.48. The van der Waals surface area contributed by atoms with Gasteiger partial charge in [0, 0.05) is 24.0 Å². The lowest BCUT2D eigenvalue weighted by atomic mass is 9.77. The summed E-state index contributed by atoms with van der Waals surface area (Å²) in [6, 6.07) is 15.9. The minimum Gasteiger partial charge on any atom is -0.478 e. The molecular formula is C18H15NO2. The van der Waals surface area contributed by atoms with Gasteiger partial charge in [0.05, 0.1) is 11.1 Å². The van der Waals surface area contributed by atoms with Crippen LogP contribution in [0.15, 0.2) is 54.7 Å². The molecule has 0 spiro atoms. The van der Waals surface area contributed by atoms with Gasteiger partial charge in [0.2, 0.25) is 0 Å². The van der Waals surface area contributed by atoms with Crippen LogP contribution in [0.3, 0.4) is 0 Å². The molecule has 0 saturated heterocycles. The summed E-state index contributed by atoms with van der Waals surface area (Å²) in [5, 5.41) is 10.4. The van der Waals surface area contributed by atoms with Gasteiger partial charge in [-0.15, -0.1) is 0 Å². The third kappa shape index (κ3) is 1.85. The predicted octanol–water partition coefficient (Wildman–Crippen LogP) is 3.68. The molecule has 3 heteroatoms. The molecule has 4 rings (SSSR count). The number of carbonyl (C=O) groups is 1. The molecule has 1 aliphatic carbocycles. The maximum atomic E-state index is 11.4. The number of para-hydroxylation sites is 1. The van der Waals surface area contributed by atoms with Crippen molar-refractivity contribution >= 4 is 16.9 Å². The first-order valence-electron chi connectivity index (χ1n) is 7.13. The number of rotatable bonds is 3. The van der Waals surface area contributed by atoms with E-state index in [-0.39, 0.29) is 0 Å². The summed E-state index contributed by atoms with van der Waals surface area (Å²) in [6.07, 6.45) is 3.07. The van der Waals surface area contributed by atoms with E-state index in [4.69, 9.17) is 0 Å². The van der Waals surface area contributed by atoms with Crippen LogP contribution in [0.5, 0.6) is 0 Å². The lowest BCUT2D eigenvalue weighted by Gasteiger charge is -2.30. The van der Waals surface area contributed by atoms with Crippen molar-refractivity contribution in [3.05, 3.63) is 71.4 Å². The van der Waals surface area contributed by atoms with Crippen LogP contribution >= 0.6 is 0 Å². The SMILES string of the molecule is O=C(O)c1cccc2ccn(CC3Cc4ccccc43)c12. The largest absolute Gasteiger partial charge is 0.478 e. The lowest BCUT2D eigenvalue weighted by molar-refractivity contribution is 0.0698. The number of carboxylic acids is 1. The minimum atomic E-state index is -0.866. The molecule has 104 valence electrons. The molecule has 0 fully saturated rings. The Balaban J connectivity index is 1.74. The number of aromatic nitrogens is 1. The zero-order chi connectivity index (χ0) is 14.4. The third-order valence-corrected chi connectivity index (χ3v) is 4.40. The standard InChI is InChI=1S/C18H15NO2/c20-18(21)16-7-3-5-12-8-9-19(17(12)16)11-14-10-13-4-1-2-6-15(13)14/h1-9,14H,10-11H2,(H,20,21). The minimum absolute atomic E-state index is 0.380. The summed E-state index contributed by atoms with van der Waals surface area (Å²) in [4.78, 5) is 11.4. The van der Waals surface area contributed by atoms with Gasteiger partial charge in [0.25, 0.3) is 0 Å². The Bertz CT molecular complexity index is 847. The van der Waals surface area contributed by atoms with E-state index in [1.54, 1.807) is 12.1 Å².